The summed E-state index contributed by atoms with van der Waals surface area (Å²) in [5.41, 5.74) is 0. The summed E-state index contributed by atoms with van der Waals surface area (Å²) in [7, 11) is 1.95. The molecule has 0 spiro atoms. The van der Waals surface area contributed by atoms with Crippen LogP contribution in [0.15, 0.2) is 0 Å². The van der Waals surface area contributed by atoms with E-state index in [2.05, 4.69) is 22.5 Å². The van der Waals surface area contributed by atoms with Crippen molar-refractivity contribution in [3.8, 4) is 0 Å². The van der Waals surface area contributed by atoms with Crippen molar-refractivity contribution in [3.63, 3.8) is 0 Å². The van der Waals surface area contributed by atoms with Crippen LogP contribution in [0.25, 0.3) is 0 Å². The zero-order valence-corrected chi connectivity index (χ0v) is 11.1. The molecular formula is C11H24ClN3O. The summed E-state index contributed by atoms with van der Waals surface area (Å²) in [6.45, 7) is 6.86. The van der Waals surface area contributed by atoms with Crippen LogP contribution in [0.1, 0.15) is 19.8 Å². The number of nitrogens with one attached hydrogen (secondary N) is 2. The third kappa shape index (κ3) is 8.95. The molecular weight excluding hydrogens is 226 g/mol. The van der Waals surface area contributed by atoms with Crippen LogP contribution in [-0.2, 0) is 4.79 Å². The summed E-state index contributed by atoms with van der Waals surface area (Å²) in [6, 6.07) is 0. The van der Waals surface area contributed by atoms with E-state index in [1.165, 1.54) is 0 Å². The van der Waals surface area contributed by atoms with Crippen LogP contribution >= 0.6 is 11.6 Å². The lowest BCUT2D eigenvalue weighted by Gasteiger charge is -2.21. The van der Waals surface area contributed by atoms with Crippen molar-refractivity contribution in [3.05, 3.63) is 0 Å². The Morgan fingerprint density at radius 1 is 1.25 bits per heavy atom. The zero-order valence-electron chi connectivity index (χ0n) is 10.4. The fourth-order valence-corrected chi connectivity index (χ4v) is 1.62. The number of carbonyl (C=O) groups excluding carboxylic acids is 1. The summed E-state index contributed by atoms with van der Waals surface area (Å²) < 4.78 is 0. The van der Waals surface area contributed by atoms with Gasteiger partial charge in [-0.25, -0.2) is 0 Å². The van der Waals surface area contributed by atoms with Crippen molar-refractivity contribution in [1.29, 1.82) is 0 Å². The van der Waals surface area contributed by atoms with Crippen LogP contribution in [0.5, 0.6) is 0 Å². The molecule has 96 valence electrons. The van der Waals surface area contributed by atoms with Crippen molar-refractivity contribution < 1.29 is 4.79 Å². The summed E-state index contributed by atoms with van der Waals surface area (Å²) in [4.78, 5) is 13.5. The van der Waals surface area contributed by atoms with Gasteiger partial charge in [-0.2, -0.15) is 0 Å². The SMILES string of the molecule is CCCN(CCNC)CCNC(=O)CCCl. The minimum atomic E-state index is 0.0417. The largest absolute Gasteiger partial charge is 0.355 e. The summed E-state index contributed by atoms with van der Waals surface area (Å²) >= 11 is 5.48. The molecule has 5 heteroatoms. The average molecular weight is 250 g/mol. The van der Waals surface area contributed by atoms with E-state index >= 15 is 0 Å². The Hall–Kier alpha value is -0.320. The monoisotopic (exact) mass is 249 g/mol. The molecule has 0 aromatic carbocycles. The molecule has 0 rings (SSSR count). The Morgan fingerprint density at radius 3 is 2.50 bits per heavy atom. The van der Waals surface area contributed by atoms with E-state index in [1.807, 2.05) is 7.05 Å². The maximum atomic E-state index is 11.2. The highest BCUT2D eigenvalue weighted by Crippen LogP contribution is 1.90. The van der Waals surface area contributed by atoms with Gasteiger partial charge >= 0.3 is 0 Å². The normalized spacial score (nSPS) is 10.8. The number of amides is 1. The van der Waals surface area contributed by atoms with Crippen LogP contribution in [0.4, 0.5) is 0 Å². The molecule has 1 amide bonds. The van der Waals surface area contributed by atoms with Gasteiger partial charge < -0.3 is 15.5 Å². The Bertz CT molecular complexity index is 179. The second kappa shape index (κ2) is 11.2. The summed E-state index contributed by atoms with van der Waals surface area (Å²) in [6.07, 6.45) is 1.55. The van der Waals surface area contributed by atoms with Crippen molar-refractivity contribution in [2.75, 3.05) is 45.7 Å². The van der Waals surface area contributed by atoms with Gasteiger partial charge in [0, 0.05) is 38.5 Å². The Labute approximate surface area is 104 Å². The number of rotatable bonds is 10. The molecule has 0 saturated carbocycles. The second-order valence-electron chi connectivity index (χ2n) is 3.73. The number of likely N-dealkylation sites (N-methyl/N-ethyl adjacent to an activating group) is 1. The molecule has 0 heterocycles. The molecule has 0 saturated heterocycles. The first-order chi connectivity index (χ1) is 7.74. The van der Waals surface area contributed by atoms with Gasteiger partial charge in [0.05, 0.1) is 0 Å². The van der Waals surface area contributed by atoms with Gasteiger partial charge in [-0.3, -0.25) is 4.79 Å². The molecule has 0 radical (unpaired) electrons. The van der Waals surface area contributed by atoms with Gasteiger partial charge in [-0.05, 0) is 20.0 Å². The average Bonchev–Trinajstić information content (AvgIpc) is 2.26. The molecule has 0 atom stereocenters. The van der Waals surface area contributed by atoms with Gasteiger partial charge in [0.25, 0.3) is 0 Å². The Morgan fingerprint density at radius 2 is 1.94 bits per heavy atom. The van der Waals surface area contributed by atoms with E-state index in [4.69, 9.17) is 11.6 Å². The molecule has 0 aliphatic heterocycles. The number of halogens is 1. The number of hydrogen-bond acceptors (Lipinski definition) is 3. The lowest BCUT2D eigenvalue weighted by Crippen LogP contribution is -2.38. The molecule has 0 aliphatic rings. The zero-order chi connectivity index (χ0) is 12.2. The topological polar surface area (TPSA) is 44.4 Å². The number of hydrogen-bond donors (Lipinski definition) is 2. The quantitative estimate of drug-likeness (QED) is 0.560. The molecule has 0 bridgehead atoms. The fourth-order valence-electron chi connectivity index (χ4n) is 1.45. The molecule has 0 aliphatic carbocycles. The third-order valence-electron chi connectivity index (χ3n) is 2.29. The highest BCUT2D eigenvalue weighted by atomic mass is 35.5. The van der Waals surface area contributed by atoms with E-state index in [9.17, 15) is 4.79 Å². The smallest absolute Gasteiger partial charge is 0.221 e. The number of nitrogens with zero attached hydrogens (tertiary/aromatic N) is 1. The van der Waals surface area contributed by atoms with E-state index in [1.54, 1.807) is 0 Å². The van der Waals surface area contributed by atoms with Crippen LogP contribution in [0, 0.1) is 0 Å². The first-order valence-electron chi connectivity index (χ1n) is 5.94. The van der Waals surface area contributed by atoms with E-state index in [0.29, 0.717) is 18.8 Å². The first kappa shape index (κ1) is 15.7. The van der Waals surface area contributed by atoms with Crippen molar-refractivity contribution in [1.82, 2.24) is 15.5 Å². The third-order valence-corrected chi connectivity index (χ3v) is 2.48. The Kier molecular flexibility index (Phi) is 11.0. The predicted molar refractivity (Wildman–Crippen MR) is 69.0 cm³/mol. The van der Waals surface area contributed by atoms with Gasteiger partial charge in [-0.15, -0.1) is 11.6 Å². The molecule has 16 heavy (non-hydrogen) atoms. The van der Waals surface area contributed by atoms with Crippen LogP contribution in [-0.4, -0.2) is 56.5 Å². The Balaban J connectivity index is 3.61. The number of alkyl halides is 1. The van der Waals surface area contributed by atoms with Crippen molar-refractivity contribution >= 4 is 17.5 Å². The van der Waals surface area contributed by atoms with E-state index in [0.717, 1.165) is 32.6 Å². The fraction of sp³-hybridized carbons (Fsp3) is 0.909. The summed E-state index contributed by atoms with van der Waals surface area (Å²) in [5.74, 6) is 0.435. The summed E-state index contributed by atoms with van der Waals surface area (Å²) in [5, 5.41) is 5.99. The minimum absolute atomic E-state index is 0.0417. The standard InChI is InChI=1S/C11H24ClN3O/c1-3-8-15(9-6-13-2)10-7-14-11(16)4-5-12/h13H,3-10H2,1-2H3,(H,14,16). The van der Waals surface area contributed by atoms with Crippen LogP contribution in [0.2, 0.25) is 0 Å². The van der Waals surface area contributed by atoms with E-state index < -0.39 is 0 Å². The van der Waals surface area contributed by atoms with E-state index in [-0.39, 0.29) is 5.91 Å². The first-order valence-corrected chi connectivity index (χ1v) is 6.47. The lowest BCUT2D eigenvalue weighted by atomic mass is 10.3. The van der Waals surface area contributed by atoms with Crippen LogP contribution in [0.3, 0.4) is 0 Å². The van der Waals surface area contributed by atoms with Crippen molar-refractivity contribution in [2.24, 2.45) is 0 Å². The van der Waals surface area contributed by atoms with Gasteiger partial charge in [-0.1, -0.05) is 6.92 Å². The second-order valence-corrected chi connectivity index (χ2v) is 4.11. The van der Waals surface area contributed by atoms with Gasteiger partial charge in [0.2, 0.25) is 5.91 Å². The highest BCUT2D eigenvalue weighted by molar-refractivity contribution is 6.18. The number of carbonyl (C=O) groups is 1. The van der Waals surface area contributed by atoms with Gasteiger partial charge in [0.15, 0.2) is 0 Å². The van der Waals surface area contributed by atoms with Crippen molar-refractivity contribution in [2.45, 2.75) is 19.8 Å². The van der Waals surface area contributed by atoms with Crippen LogP contribution < -0.4 is 10.6 Å². The molecule has 0 aromatic rings. The minimum Gasteiger partial charge on any atom is -0.355 e. The predicted octanol–water partition coefficient (Wildman–Crippen LogP) is 0.663. The molecule has 0 unspecified atom stereocenters. The van der Waals surface area contributed by atoms with Gasteiger partial charge in [0.1, 0.15) is 0 Å². The molecule has 0 aromatic heterocycles. The maximum Gasteiger partial charge on any atom is 0.221 e. The molecule has 4 nitrogen and oxygen atoms in total. The molecule has 2 N–H and O–H groups in total. The lowest BCUT2D eigenvalue weighted by molar-refractivity contribution is -0.120. The molecule has 0 fully saturated rings. The maximum absolute atomic E-state index is 11.2. The highest BCUT2D eigenvalue weighted by Gasteiger charge is 2.04.